The van der Waals surface area contributed by atoms with Crippen LogP contribution in [0.1, 0.15) is 35.4 Å². The van der Waals surface area contributed by atoms with E-state index in [0.29, 0.717) is 12.4 Å². The molecule has 0 N–H and O–H groups in total. The molecule has 2 fully saturated rings. The monoisotopic (exact) mass is 293 g/mol. The van der Waals surface area contributed by atoms with Crippen LogP contribution in [0.3, 0.4) is 0 Å². The lowest BCUT2D eigenvalue weighted by molar-refractivity contribution is 0.0277. The SMILES string of the molecule is COC[C@H]1CC2(CCN(C(=O)c3occc3C)CC2)CO1. The first-order chi connectivity index (χ1) is 10.1. The van der Waals surface area contributed by atoms with Crippen molar-refractivity contribution in [3.63, 3.8) is 0 Å². The van der Waals surface area contributed by atoms with Gasteiger partial charge in [0.1, 0.15) is 0 Å². The van der Waals surface area contributed by atoms with Crippen molar-refractivity contribution in [3.05, 3.63) is 23.7 Å². The average molecular weight is 293 g/mol. The molecule has 21 heavy (non-hydrogen) atoms. The smallest absolute Gasteiger partial charge is 0.289 e. The molecule has 2 aliphatic rings. The second-order valence-electron chi connectivity index (χ2n) is 6.32. The Labute approximate surface area is 125 Å². The summed E-state index contributed by atoms with van der Waals surface area (Å²) in [5, 5.41) is 0. The summed E-state index contributed by atoms with van der Waals surface area (Å²) in [6.45, 7) is 4.92. The van der Waals surface area contributed by atoms with Gasteiger partial charge in [0.05, 0.1) is 25.6 Å². The van der Waals surface area contributed by atoms with Gasteiger partial charge in [0, 0.05) is 25.8 Å². The molecule has 2 saturated heterocycles. The van der Waals surface area contributed by atoms with Crippen LogP contribution in [-0.2, 0) is 9.47 Å². The highest BCUT2D eigenvalue weighted by molar-refractivity contribution is 5.92. The molecular weight excluding hydrogens is 270 g/mol. The van der Waals surface area contributed by atoms with Crippen molar-refractivity contribution in [3.8, 4) is 0 Å². The number of rotatable bonds is 3. The van der Waals surface area contributed by atoms with Crippen molar-refractivity contribution >= 4 is 5.91 Å². The molecule has 1 aromatic rings. The molecule has 5 heteroatoms. The van der Waals surface area contributed by atoms with Crippen molar-refractivity contribution in [1.29, 1.82) is 0 Å². The molecule has 1 atom stereocenters. The maximum Gasteiger partial charge on any atom is 0.289 e. The van der Waals surface area contributed by atoms with Crippen LogP contribution in [0, 0.1) is 12.3 Å². The molecule has 0 aromatic carbocycles. The number of amides is 1. The van der Waals surface area contributed by atoms with Gasteiger partial charge in [-0.05, 0) is 37.7 Å². The molecule has 0 bridgehead atoms. The number of likely N-dealkylation sites (tertiary alicyclic amines) is 1. The minimum Gasteiger partial charge on any atom is -0.459 e. The third kappa shape index (κ3) is 2.85. The Morgan fingerprint density at radius 3 is 2.86 bits per heavy atom. The van der Waals surface area contributed by atoms with E-state index in [1.807, 2.05) is 17.9 Å². The second kappa shape index (κ2) is 5.81. The summed E-state index contributed by atoms with van der Waals surface area (Å²) in [4.78, 5) is 14.3. The molecule has 0 radical (unpaired) electrons. The van der Waals surface area contributed by atoms with Crippen LogP contribution in [0.2, 0.25) is 0 Å². The third-order valence-corrected chi connectivity index (χ3v) is 4.81. The fourth-order valence-corrected chi connectivity index (χ4v) is 3.46. The fourth-order valence-electron chi connectivity index (χ4n) is 3.46. The maximum absolute atomic E-state index is 12.4. The van der Waals surface area contributed by atoms with Gasteiger partial charge in [-0.25, -0.2) is 0 Å². The molecule has 3 rings (SSSR count). The van der Waals surface area contributed by atoms with E-state index in [1.165, 1.54) is 0 Å². The number of furan rings is 1. The number of aryl methyl sites for hydroxylation is 1. The Kier molecular flexibility index (Phi) is 4.04. The Balaban J connectivity index is 1.58. The summed E-state index contributed by atoms with van der Waals surface area (Å²) in [6.07, 6.45) is 4.83. The number of ether oxygens (including phenoxy) is 2. The standard InChI is InChI=1S/C16H23NO4/c1-12-3-8-20-14(12)15(18)17-6-4-16(5-7-17)9-13(10-19-2)21-11-16/h3,8,13H,4-7,9-11H2,1-2H3/t13-/m1/s1. The predicted molar refractivity (Wildman–Crippen MR) is 77.2 cm³/mol. The van der Waals surface area contributed by atoms with E-state index >= 15 is 0 Å². The summed E-state index contributed by atoms with van der Waals surface area (Å²) in [5.74, 6) is 0.491. The number of piperidine rings is 1. The van der Waals surface area contributed by atoms with Gasteiger partial charge in [-0.2, -0.15) is 0 Å². The number of carbonyl (C=O) groups is 1. The van der Waals surface area contributed by atoms with Crippen LogP contribution in [0.15, 0.2) is 16.7 Å². The number of nitrogens with zero attached hydrogens (tertiary/aromatic N) is 1. The first-order valence-corrected chi connectivity index (χ1v) is 7.57. The lowest BCUT2D eigenvalue weighted by Gasteiger charge is -2.38. The lowest BCUT2D eigenvalue weighted by Crippen LogP contribution is -2.43. The van der Waals surface area contributed by atoms with Gasteiger partial charge in [0.2, 0.25) is 0 Å². The summed E-state index contributed by atoms with van der Waals surface area (Å²) in [6, 6.07) is 1.83. The van der Waals surface area contributed by atoms with Crippen molar-refractivity contribution < 1.29 is 18.7 Å². The number of methoxy groups -OCH3 is 1. The zero-order valence-electron chi connectivity index (χ0n) is 12.8. The van der Waals surface area contributed by atoms with Gasteiger partial charge in [0.15, 0.2) is 5.76 Å². The highest BCUT2D eigenvalue weighted by Crippen LogP contribution is 2.42. The molecule has 116 valence electrons. The Morgan fingerprint density at radius 1 is 1.48 bits per heavy atom. The van der Waals surface area contributed by atoms with E-state index in [-0.39, 0.29) is 17.4 Å². The van der Waals surface area contributed by atoms with Gasteiger partial charge < -0.3 is 18.8 Å². The van der Waals surface area contributed by atoms with Crippen LogP contribution < -0.4 is 0 Å². The quantitative estimate of drug-likeness (QED) is 0.857. The number of carbonyl (C=O) groups excluding carboxylic acids is 1. The van der Waals surface area contributed by atoms with Crippen molar-refractivity contribution in [1.82, 2.24) is 4.90 Å². The fraction of sp³-hybridized carbons (Fsp3) is 0.688. The highest BCUT2D eigenvalue weighted by Gasteiger charge is 2.43. The van der Waals surface area contributed by atoms with Gasteiger partial charge in [-0.3, -0.25) is 4.79 Å². The molecule has 5 nitrogen and oxygen atoms in total. The van der Waals surface area contributed by atoms with E-state index in [9.17, 15) is 4.79 Å². The zero-order valence-corrected chi connectivity index (χ0v) is 12.8. The Hall–Kier alpha value is -1.33. The minimum absolute atomic E-state index is 0.0136. The second-order valence-corrected chi connectivity index (χ2v) is 6.32. The molecule has 1 amide bonds. The van der Waals surface area contributed by atoms with E-state index in [4.69, 9.17) is 13.9 Å². The van der Waals surface area contributed by atoms with Crippen molar-refractivity contribution in [2.75, 3.05) is 33.4 Å². The summed E-state index contributed by atoms with van der Waals surface area (Å²) >= 11 is 0. The van der Waals surface area contributed by atoms with Gasteiger partial charge in [0.25, 0.3) is 5.91 Å². The first-order valence-electron chi connectivity index (χ1n) is 7.57. The highest BCUT2D eigenvalue weighted by atomic mass is 16.5. The normalized spacial score (nSPS) is 24.7. The molecule has 0 saturated carbocycles. The zero-order chi connectivity index (χ0) is 14.9. The molecule has 3 heterocycles. The van der Waals surface area contributed by atoms with E-state index in [0.717, 1.165) is 44.5 Å². The van der Waals surface area contributed by atoms with E-state index in [1.54, 1.807) is 13.4 Å². The van der Waals surface area contributed by atoms with Crippen LogP contribution in [0.25, 0.3) is 0 Å². The van der Waals surface area contributed by atoms with Gasteiger partial charge in [-0.1, -0.05) is 0 Å². The molecule has 0 unspecified atom stereocenters. The van der Waals surface area contributed by atoms with Crippen molar-refractivity contribution in [2.24, 2.45) is 5.41 Å². The molecule has 0 aliphatic carbocycles. The maximum atomic E-state index is 12.4. The van der Waals surface area contributed by atoms with Crippen LogP contribution in [-0.4, -0.2) is 50.3 Å². The number of hydrogen-bond donors (Lipinski definition) is 0. The van der Waals surface area contributed by atoms with Crippen LogP contribution in [0.5, 0.6) is 0 Å². The first kappa shape index (κ1) is 14.6. The topological polar surface area (TPSA) is 51.9 Å². The van der Waals surface area contributed by atoms with Gasteiger partial charge in [-0.15, -0.1) is 0 Å². The van der Waals surface area contributed by atoms with Crippen LogP contribution in [0.4, 0.5) is 0 Å². The lowest BCUT2D eigenvalue weighted by atomic mass is 9.76. The van der Waals surface area contributed by atoms with Crippen LogP contribution >= 0.6 is 0 Å². The Morgan fingerprint density at radius 2 is 2.24 bits per heavy atom. The summed E-state index contributed by atoms with van der Waals surface area (Å²) < 4.78 is 16.3. The summed E-state index contributed by atoms with van der Waals surface area (Å²) in [7, 11) is 1.71. The predicted octanol–water partition coefficient (Wildman–Crippen LogP) is 2.25. The molecular formula is C16H23NO4. The molecule has 2 aliphatic heterocycles. The molecule has 1 spiro atoms. The van der Waals surface area contributed by atoms with Gasteiger partial charge >= 0.3 is 0 Å². The van der Waals surface area contributed by atoms with E-state index < -0.39 is 0 Å². The third-order valence-electron chi connectivity index (χ3n) is 4.81. The van der Waals surface area contributed by atoms with Crippen molar-refractivity contribution in [2.45, 2.75) is 32.3 Å². The largest absolute Gasteiger partial charge is 0.459 e. The average Bonchev–Trinajstić information content (AvgIpc) is 3.07. The Bertz CT molecular complexity index is 502. The number of hydrogen-bond acceptors (Lipinski definition) is 4. The summed E-state index contributed by atoms with van der Waals surface area (Å²) in [5.41, 5.74) is 1.14. The molecule has 1 aromatic heterocycles. The minimum atomic E-state index is 0.0136. The van der Waals surface area contributed by atoms with E-state index in [2.05, 4.69) is 0 Å².